The maximum absolute atomic E-state index is 12.1. The number of hydrogen-bond acceptors (Lipinski definition) is 5. The number of fused-ring (bicyclic) bond motifs is 1. The molecule has 3 rings (SSSR count). The molecule has 0 spiro atoms. The van der Waals surface area contributed by atoms with Gasteiger partial charge in [-0.3, -0.25) is 0 Å². The lowest BCUT2D eigenvalue weighted by molar-refractivity contribution is -0.192. The van der Waals surface area contributed by atoms with Crippen molar-refractivity contribution in [3.8, 4) is 0 Å². The normalized spacial score (nSPS) is 18.1. The van der Waals surface area contributed by atoms with Crippen molar-refractivity contribution in [3.63, 3.8) is 0 Å². The van der Waals surface area contributed by atoms with E-state index in [1.54, 1.807) is 17.4 Å². The Balaban J connectivity index is 0.000000321. The van der Waals surface area contributed by atoms with Crippen LogP contribution in [0.4, 0.5) is 19.0 Å². The Bertz CT molecular complexity index is 766. The van der Waals surface area contributed by atoms with Gasteiger partial charge in [0.25, 0.3) is 0 Å². The minimum absolute atomic E-state index is 0.158. The summed E-state index contributed by atoms with van der Waals surface area (Å²) in [4.78, 5) is 15.6. The van der Waals surface area contributed by atoms with Crippen LogP contribution in [0, 0.1) is 5.92 Å². The summed E-state index contributed by atoms with van der Waals surface area (Å²) in [6.45, 7) is 4.44. The molecule has 0 radical (unpaired) electrons. The van der Waals surface area contributed by atoms with Crippen molar-refractivity contribution in [2.75, 3.05) is 30.3 Å². The molecule has 2 aliphatic rings. The van der Waals surface area contributed by atoms with E-state index in [-0.39, 0.29) is 5.75 Å². The van der Waals surface area contributed by atoms with E-state index >= 15 is 0 Å². The number of carboxylic acids is 1. The molecule has 152 valence electrons. The third-order valence-corrected chi connectivity index (χ3v) is 6.14. The van der Waals surface area contributed by atoms with Gasteiger partial charge in [-0.2, -0.15) is 17.5 Å². The van der Waals surface area contributed by atoms with Gasteiger partial charge >= 0.3 is 12.1 Å². The van der Waals surface area contributed by atoms with Crippen molar-refractivity contribution in [2.45, 2.75) is 32.5 Å². The Hall–Kier alpha value is -1.88. The van der Waals surface area contributed by atoms with Crippen molar-refractivity contribution in [1.29, 1.82) is 0 Å². The SMILES string of the molecule is CCS(=O)(=O)N1CCN(CC2CC2)c2ncccc2C1.O=C(O)C(F)(F)F. The molecule has 0 unspecified atom stereocenters. The molecule has 0 amide bonds. The quantitative estimate of drug-likeness (QED) is 0.819. The number of aromatic nitrogens is 1. The fourth-order valence-corrected chi connectivity index (χ4v) is 3.72. The van der Waals surface area contributed by atoms with Gasteiger partial charge in [0, 0.05) is 37.9 Å². The molecule has 0 aromatic carbocycles. The Kier molecular flexibility index (Phi) is 6.68. The van der Waals surface area contributed by atoms with E-state index in [2.05, 4.69) is 9.88 Å². The molecule has 1 aliphatic heterocycles. The Morgan fingerprint density at radius 1 is 1.33 bits per heavy atom. The zero-order chi connectivity index (χ0) is 20.2. The number of rotatable bonds is 4. The third kappa shape index (κ3) is 6.06. The molecule has 0 saturated heterocycles. The first-order valence-corrected chi connectivity index (χ1v) is 10.1. The number of carboxylic acid groups (broad SMARTS) is 1. The predicted octanol–water partition coefficient (Wildman–Crippen LogP) is 2.10. The molecule has 0 atom stereocenters. The van der Waals surface area contributed by atoms with E-state index in [9.17, 15) is 21.6 Å². The monoisotopic (exact) mass is 409 g/mol. The molecule has 1 aromatic rings. The third-order valence-electron chi connectivity index (χ3n) is 4.31. The highest BCUT2D eigenvalue weighted by molar-refractivity contribution is 7.89. The first kappa shape index (κ1) is 21.4. The molecule has 1 N–H and O–H groups in total. The van der Waals surface area contributed by atoms with Gasteiger partial charge in [0.1, 0.15) is 5.82 Å². The van der Waals surface area contributed by atoms with Crippen LogP contribution in [-0.2, 0) is 21.4 Å². The molecule has 11 heteroatoms. The van der Waals surface area contributed by atoms with Crippen LogP contribution in [0.5, 0.6) is 0 Å². The maximum atomic E-state index is 12.1. The topological polar surface area (TPSA) is 90.8 Å². The van der Waals surface area contributed by atoms with Crippen LogP contribution in [-0.4, -0.2) is 60.3 Å². The highest BCUT2D eigenvalue weighted by Crippen LogP contribution is 2.33. The van der Waals surface area contributed by atoms with Crippen molar-refractivity contribution in [1.82, 2.24) is 9.29 Å². The largest absolute Gasteiger partial charge is 0.490 e. The highest BCUT2D eigenvalue weighted by atomic mass is 32.2. The summed E-state index contributed by atoms with van der Waals surface area (Å²) < 4.78 is 57.6. The first-order chi connectivity index (χ1) is 12.5. The molecule has 1 aromatic heterocycles. The standard InChI is InChI=1S/C14H21N3O2S.C2HF3O2/c1-2-20(18,19)17-9-8-16(10-12-5-6-12)14-13(11-17)4-3-7-15-14;3-2(4,5)1(6)7/h3-4,7,12H,2,5-6,8-11H2,1H3;(H,6,7). The van der Waals surface area contributed by atoms with Gasteiger partial charge in [-0.25, -0.2) is 18.2 Å². The number of carbonyl (C=O) groups is 1. The fourth-order valence-electron chi connectivity index (χ4n) is 2.66. The molecular weight excluding hydrogens is 387 g/mol. The number of sulfonamides is 1. The zero-order valence-corrected chi connectivity index (χ0v) is 15.6. The molecular formula is C16H22F3N3O4S. The molecule has 1 fully saturated rings. The van der Waals surface area contributed by atoms with Gasteiger partial charge < -0.3 is 10.0 Å². The molecule has 7 nitrogen and oxygen atoms in total. The van der Waals surface area contributed by atoms with E-state index in [1.807, 2.05) is 12.1 Å². The Labute approximate surface area is 155 Å². The minimum Gasteiger partial charge on any atom is -0.475 e. The van der Waals surface area contributed by atoms with E-state index in [0.717, 1.165) is 30.4 Å². The molecule has 2 heterocycles. The number of halogens is 3. The lowest BCUT2D eigenvalue weighted by Crippen LogP contribution is -2.36. The summed E-state index contributed by atoms with van der Waals surface area (Å²) in [5, 5.41) is 7.12. The van der Waals surface area contributed by atoms with Crippen LogP contribution in [0.25, 0.3) is 0 Å². The van der Waals surface area contributed by atoms with Gasteiger partial charge in [-0.15, -0.1) is 0 Å². The number of alkyl halides is 3. The van der Waals surface area contributed by atoms with Crippen LogP contribution < -0.4 is 4.90 Å². The van der Waals surface area contributed by atoms with Crippen molar-refractivity contribution >= 4 is 21.8 Å². The van der Waals surface area contributed by atoms with E-state index in [0.29, 0.717) is 13.1 Å². The number of nitrogens with zero attached hydrogens (tertiary/aromatic N) is 3. The lowest BCUT2D eigenvalue weighted by atomic mass is 10.2. The summed E-state index contributed by atoms with van der Waals surface area (Å²) >= 11 is 0. The first-order valence-electron chi connectivity index (χ1n) is 8.51. The molecule has 1 saturated carbocycles. The van der Waals surface area contributed by atoms with Crippen LogP contribution in [0.1, 0.15) is 25.3 Å². The average Bonchev–Trinajstić information content (AvgIpc) is 3.42. The van der Waals surface area contributed by atoms with Gasteiger partial charge in [-0.1, -0.05) is 6.07 Å². The van der Waals surface area contributed by atoms with E-state index in [4.69, 9.17) is 9.90 Å². The van der Waals surface area contributed by atoms with Crippen molar-refractivity contribution in [3.05, 3.63) is 23.9 Å². The molecule has 0 bridgehead atoms. The van der Waals surface area contributed by atoms with Gasteiger partial charge in [-0.05, 0) is 31.7 Å². The van der Waals surface area contributed by atoms with Crippen LogP contribution in [0.2, 0.25) is 0 Å². The summed E-state index contributed by atoms with van der Waals surface area (Å²) in [6, 6.07) is 3.88. The minimum atomic E-state index is -5.08. The molecule has 27 heavy (non-hydrogen) atoms. The summed E-state index contributed by atoms with van der Waals surface area (Å²) in [5.74, 6) is -0.870. The number of pyridine rings is 1. The van der Waals surface area contributed by atoms with Gasteiger partial charge in [0.2, 0.25) is 10.0 Å². The van der Waals surface area contributed by atoms with E-state index < -0.39 is 22.2 Å². The van der Waals surface area contributed by atoms with Crippen LogP contribution in [0.15, 0.2) is 18.3 Å². The Morgan fingerprint density at radius 3 is 2.48 bits per heavy atom. The Morgan fingerprint density at radius 2 is 1.96 bits per heavy atom. The molecule has 1 aliphatic carbocycles. The zero-order valence-electron chi connectivity index (χ0n) is 14.8. The second-order valence-electron chi connectivity index (χ2n) is 6.41. The fraction of sp³-hybridized carbons (Fsp3) is 0.625. The number of anilines is 1. The smallest absolute Gasteiger partial charge is 0.475 e. The predicted molar refractivity (Wildman–Crippen MR) is 92.7 cm³/mol. The maximum Gasteiger partial charge on any atom is 0.490 e. The van der Waals surface area contributed by atoms with Crippen LogP contribution >= 0.6 is 0 Å². The summed E-state index contributed by atoms with van der Waals surface area (Å²) in [5.41, 5.74) is 1.02. The average molecular weight is 409 g/mol. The number of hydrogen-bond donors (Lipinski definition) is 1. The van der Waals surface area contributed by atoms with Crippen molar-refractivity contribution < 1.29 is 31.5 Å². The second-order valence-corrected chi connectivity index (χ2v) is 8.67. The highest BCUT2D eigenvalue weighted by Gasteiger charge is 2.38. The van der Waals surface area contributed by atoms with Gasteiger partial charge in [0.15, 0.2) is 0 Å². The summed E-state index contributed by atoms with van der Waals surface area (Å²) in [6.07, 6.45) is -0.714. The number of aliphatic carboxylic acids is 1. The lowest BCUT2D eigenvalue weighted by Gasteiger charge is -2.23. The van der Waals surface area contributed by atoms with Crippen LogP contribution in [0.3, 0.4) is 0 Å². The van der Waals surface area contributed by atoms with Gasteiger partial charge in [0.05, 0.1) is 5.75 Å². The summed E-state index contributed by atoms with van der Waals surface area (Å²) in [7, 11) is -3.14. The second kappa shape index (κ2) is 8.42. The van der Waals surface area contributed by atoms with E-state index in [1.165, 1.54) is 12.8 Å². The van der Waals surface area contributed by atoms with Crippen molar-refractivity contribution in [2.24, 2.45) is 5.92 Å².